The number of aldehydes is 1. The molecule has 0 N–H and O–H groups in total. The molecule has 1 aromatic carbocycles. The molecule has 17 heavy (non-hydrogen) atoms. The van der Waals surface area contributed by atoms with Crippen molar-refractivity contribution < 1.29 is 9.32 Å². The van der Waals surface area contributed by atoms with Crippen molar-refractivity contribution in [1.29, 1.82) is 0 Å². The van der Waals surface area contributed by atoms with Crippen LogP contribution in [0.5, 0.6) is 0 Å². The lowest BCUT2D eigenvalue weighted by molar-refractivity contribution is 0.112. The number of aryl methyl sites for hydroxylation is 3. The van der Waals surface area contributed by atoms with Crippen molar-refractivity contribution in [3.05, 3.63) is 40.6 Å². The van der Waals surface area contributed by atoms with Crippen LogP contribution < -0.4 is 0 Å². The second kappa shape index (κ2) is 3.84. The minimum Gasteiger partial charge on any atom is -0.355 e. The van der Waals surface area contributed by atoms with Crippen LogP contribution in [0.15, 0.2) is 22.7 Å². The van der Waals surface area contributed by atoms with Crippen molar-refractivity contribution in [1.82, 2.24) is 5.16 Å². The van der Waals surface area contributed by atoms with Gasteiger partial charge in [-0.1, -0.05) is 17.3 Å². The van der Waals surface area contributed by atoms with E-state index in [1.807, 2.05) is 6.07 Å². The first-order valence-corrected chi connectivity index (χ1v) is 5.83. The second-order valence-electron chi connectivity index (χ2n) is 4.47. The number of hydrogen-bond acceptors (Lipinski definition) is 3. The third-order valence-electron chi connectivity index (χ3n) is 3.39. The number of hydrogen-bond donors (Lipinski definition) is 0. The number of fused-ring (bicyclic) bond motifs is 1. The molecular weight excluding hydrogens is 214 g/mol. The van der Waals surface area contributed by atoms with E-state index >= 15 is 0 Å². The van der Waals surface area contributed by atoms with Gasteiger partial charge in [0.25, 0.3) is 0 Å². The molecule has 0 atom stereocenters. The van der Waals surface area contributed by atoms with Gasteiger partial charge in [0.15, 0.2) is 12.0 Å². The van der Waals surface area contributed by atoms with Crippen LogP contribution in [0.4, 0.5) is 0 Å². The Morgan fingerprint density at radius 3 is 2.94 bits per heavy atom. The Morgan fingerprint density at radius 2 is 2.12 bits per heavy atom. The van der Waals surface area contributed by atoms with Gasteiger partial charge in [0.2, 0.25) is 0 Å². The Hall–Kier alpha value is -1.90. The molecule has 1 aliphatic rings. The van der Waals surface area contributed by atoms with E-state index in [2.05, 4.69) is 17.3 Å². The summed E-state index contributed by atoms with van der Waals surface area (Å²) in [5, 5.41) is 3.85. The highest BCUT2D eigenvalue weighted by molar-refractivity contribution is 5.86. The molecule has 0 radical (unpaired) electrons. The van der Waals surface area contributed by atoms with Crippen molar-refractivity contribution in [2.24, 2.45) is 0 Å². The average Bonchev–Trinajstić information content (AvgIpc) is 2.93. The van der Waals surface area contributed by atoms with Crippen molar-refractivity contribution in [2.45, 2.75) is 26.2 Å². The van der Waals surface area contributed by atoms with E-state index in [-0.39, 0.29) is 0 Å². The maximum Gasteiger partial charge on any atom is 0.177 e. The zero-order valence-electron chi connectivity index (χ0n) is 9.69. The zero-order valence-corrected chi connectivity index (χ0v) is 9.69. The molecule has 1 aromatic heterocycles. The summed E-state index contributed by atoms with van der Waals surface area (Å²) in [6, 6.07) is 6.26. The van der Waals surface area contributed by atoms with E-state index in [1.165, 1.54) is 17.5 Å². The molecule has 0 fully saturated rings. The lowest BCUT2D eigenvalue weighted by Crippen LogP contribution is -1.87. The molecule has 3 rings (SSSR count). The topological polar surface area (TPSA) is 43.1 Å². The fraction of sp³-hybridized carbons (Fsp3) is 0.286. The van der Waals surface area contributed by atoms with Crippen LogP contribution in [0.1, 0.15) is 33.6 Å². The number of rotatable bonds is 2. The Kier molecular flexibility index (Phi) is 2.32. The molecule has 0 aliphatic heterocycles. The van der Waals surface area contributed by atoms with E-state index < -0.39 is 0 Å². The Labute approximate surface area is 99.4 Å². The number of benzene rings is 1. The van der Waals surface area contributed by atoms with Gasteiger partial charge in [0.05, 0.1) is 11.3 Å². The molecule has 0 saturated carbocycles. The van der Waals surface area contributed by atoms with Crippen molar-refractivity contribution in [2.75, 3.05) is 0 Å². The summed E-state index contributed by atoms with van der Waals surface area (Å²) in [5.41, 5.74) is 4.94. The number of aromatic nitrogens is 1. The van der Waals surface area contributed by atoms with Crippen LogP contribution in [0.25, 0.3) is 11.3 Å². The van der Waals surface area contributed by atoms with Gasteiger partial charge in [-0.15, -0.1) is 0 Å². The number of carbonyl (C=O) groups excluding carboxylic acids is 1. The maximum absolute atomic E-state index is 11.0. The molecule has 1 aliphatic carbocycles. The van der Waals surface area contributed by atoms with E-state index in [1.54, 1.807) is 6.92 Å². The molecule has 0 bridgehead atoms. The summed E-state index contributed by atoms with van der Waals surface area (Å²) in [4.78, 5) is 11.0. The van der Waals surface area contributed by atoms with Crippen LogP contribution in [-0.4, -0.2) is 11.4 Å². The SMILES string of the molecule is Cc1noc(-c2ccc3c(c2)CCC3)c1C=O. The zero-order chi connectivity index (χ0) is 11.8. The summed E-state index contributed by atoms with van der Waals surface area (Å²) >= 11 is 0. The summed E-state index contributed by atoms with van der Waals surface area (Å²) in [5.74, 6) is 0.590. The molecule has 0 amide bonds. The summed E-state index contributed by atoms with van der Waals surface area (Å²) in [6.45, 7) is 1.78. The van der Waals surface area contributed by atoms with Gasteiger partial charge in [-0.05, 0) is 43.4 Å². The Bertz CT molecular complexity index is 584. The molecule has 86 valence electrons. The molecular formula is C14H13NO2. The quantitative estimate of drug-likeness (QED) is 0.741. The molecule has 3 nitrogen and oxygen atoms in total. The van der Waals surface area contributed by atoms with E-state index in [4.69, 9.17) is 4.52 Å². The summed E-state index contributed by atoms with van der Waals surface area (Å²) in [6.07, 6.45) is 4.31. The largest absolute Gasteiger partial charge is 0.355 e. The van der Waals surface area contributed by atoms with Gasteiger partial charge in [0.1, 0.15) is 0 Å². The second-order valence-corrected chi connectivity index (χ2v) is 4.47. The van der Waals surface area contributed by atoms with Gasteiger partial charge >= 0.3 is 0 Å². The molecule has 0 unspecified atom stereocenters. The normalized spacial score (nSPS) is 13.7. The smallest absolute Gasteiger partial charge is 0.177 e. The summed E-state index contributed by atoms with van der Waals surface area (Å²) in [7, 11) is 0. The Morgan fingerprint density at radius 1 is 1.29 bits per heavy atom. The fourth-order valence-corrected chi connectivity index (χ4v) is 2.44. The minimum atomic E-state index is 0.558. The van der Waals surface area contributed by atoms with Crippen LogP contribution >= 0.6 is 0 Å². The predicted octanol–water partition coefficient (Wildman–Crippen LogP) is 2.95. The molecule has 2 aromatic rings. The lowest BCUT2D eigenvalue weighted by Gasteiger charge is -2.02. The van der Waals surface area contributed by atoms with Crippen LogP contribution in [0, 0.1) is 6.92 Å². The molecule has 0 saturated heterocycles. The van der Waals surface area contributed by atoms with Crippen molar-refractivity contribution in [3.63, 3.8) is 0 Å². The number of carbonyl (C=O) groups is 1. The van der Waals surface area contributed by atoms with Gasteiger partial charge in [-0.3, -0.25) is 4.79 Å². The first-order chi connectivity index (χ1) is 8.29. The highest BCUT2D eigenvalue weighted by atomic mass is 16.5. The minimum absolute atomic E-state index is 0.558. The van der Waals surface area contributed by atoms with Gasteiger partial charge in [-0.2, -0.15) is 0 Å². The standard InChI is InChI=1S/C14H13NO2/c1-9-13(8-16)14(17-15-9)12-6-5-10-3-2-4-11(10)7-12/h5-8H,2-4H2,1H3. The van der Waals surface area contributed by atoms with Crippen LogP contribution in [-0.2, 0) is 12.8 Å². The summed E-state index contributed by atoms with van der Waals surface area (Å²) < 4.78 is 5.25. The first kappa shape index (κ1) is 10.3. The lowest BCUT2D eigenvalue weighted by atomic mass is 10.0. The monoisotopic (exact) mass is 227 g/mol. The third-order valence-corrected chi connectivity index (χ3v) is 3.39. The molecule has 1 heterocycles. The third kappa shape index (κ3) is 1.58. The van der Waals surface area contributed by atoms with Crippen molar-refractivity contribution >= 4 is 6.29 Å². The van der Waals surface area contributed by atoms with Crippen molar-refractivity contribution in [3.8, 4) is 11.3 Å². The van der Waals surface area contributed by atoms with Gasteiger partial charge < -0.3 is 4.52 Å². The Balaban J connectivity index is 2.12. The highest BCUT2D eigenvalue weighted by Gasteiger charge is 2.17. The van der Waals surface area contributed by atoms with E-state index in [0.29, 0.717) is 17.0 Å². The fourth-order valence-electron chi connectivity index (χ4n) is 2.44. The van der Waals surface area contributed by atoms with E-state index in [9.17, 15) is 4.79 Å². The van der Waals surface area contributed by atoms with Gasteiger partial charge in [0, 0.05) is 5.56 Å². The van der Waals surface area contributed by atoms with Crippen LogP contribution in [0.2, 0.25) is 0 Å². The first-order valence-electron chi connectivity index (χ1n) is 5.83. The average molecular weight is 227 g/mol. The highest BCUT2D eigenvalue weighted by Crippen LogP contribution is 2.30. The van der Waals surface area contributed by atoms with Gasteiger partial charge in [-0.25, -0.2) is 0 Å². The van der Waals surface area contributed by atoms with E-state index in [0.717, 1.165) is 24.7 Å². The molecule has 0 spiro atoms. The number of nitrogens with zero attached hydrogens (tertiary/aromatic N) is 1. The molecule has 3 heteroatoms. The predicted molar refractivity (Wildman–Crippen MR) is 64.1 cm³/mol. The van der Waals surface area contributed by atoms with Crippen LogP contribution in [0.3, 0.4) is 0 Å². The maximum atomic E-state index is 11.0.